The quantitative estimate of drug-likeness (QED) is 0.0222. The van der Waals surface area contributed by atoms with Crippen LogP contribution in [0.5, 0.6) is 0 Å². The van der Waals surface area contributed by atoms with Crippen molar-refractivity contribution in [2.24, 2.45) is 11.8 Å². The third-order valence-corrected chi connectivity index (χ3v) is 20.6. The molecule has 0 spiro atoms. The van der Waals surface area contributed by atoms with Crippen molar-refractivity contribution in [1.82, 2.24) is 0 Å². The highest BCUT2D eigenvalue weighted by molar-refractivity contribution is 7.47. The Morgan fingerprint density at radius 2 is 0.465 bits per heavy atom. The summed E-state index contributed by atoms with van der Waals surface area (Å²) in [6.45, 7) is 9.58. The second-order valence-electron chi connectivity index (χ2n) is 29.8. The van der Waals surface area contributed by atoms with Crippen LogP contribution >= 0.6 is 15.6 Å². The minimum atomic E-state index is -4.96. The van der Waals surface area contributed by atoms with Crippen LogP contribution in [0.15, 0.2) is 0 Å². The van der Waals surface area contributed by atoms with Gasteiger partial charge in [0.05, 0.1) is 26.4 Å². The molecule has 0 aliphatic rings. The molecule has 17 nitrogen and oxygen atoms in total. The van der Waals surface area contributed by atoms with Crippen LogP contribution in [0.4, 0.5) is 0 Å². The lowest BCUT2D eigenvalue weighted by atomic mass is 10.0. The maximum atomic E-state index is 13.1. The van der Waals surface area contributed by atoms with Crippen molar-refractivity contribution >= 4 is 39.5 Å². The van der Waals surface area contributed by atoms with E-state index in [0.29, 0.717) is 25.7 Å². The van der Waals surface area contributed by atoms with E-state index in [-0.39, 0.29) is 25.7 Å². The average Bonchev–Trinajstić information content (AvgIpc) is 0.982. The van der Waals surface area contributed by atoms with Crippen LogP contribution in [0, 0.1) is 11.8 Å². The number of ether oxygens (including phenoxy) is 4. The second kappa shape index (κ2) is 71.7. The van der Waals surface area contributed by atoms with E-state index in [1.165, 1.54) is 238 Å². The largest absolute Gasteiger partial charge is 0.472 e. The van der Waals surface area contributed by atoms with Gasteiger partial charge < -0.3 is 33.8 Å². The van der Waals surface area contributed by atoms with Gasteiger partial charge in [0.25, 0.3) is 0 Å². The molecular weight excluding hydrogens is 1290 g/mol. The molecule has 0 saturated carbocycles. The molecule has 0 bridgehead atoms. The lowest BCUT2D eigenvalue weighted by Gasteiger charge is -2.21. The fourth-order valence-corrected chi connectivity index (χ4v) is 13.9. The molecule has 0 rings (SSSR count). The van der Waals surface area contributed by atoms with Crippen LogP contribution < -0.4 is 0 Å². The predicted octanol–water partition coefficient (Wildman–Crippen LogP) is 23.9. The number of aliphatic hydroxyl groups excluding tert-OH is 1. The van der Waals surface area contributed by atoms with E-state index in [1.807, 2.05) is 0 Å². The van der Waals surface area contributed by atoms with Gasteiger partial charge in [-0.05, 0) is 37.5 Å². The maximum absolute atomic E-state index is 13.1. The molecule has 0 saturated heterocycles. The number of hydrogen-bond acceptors (Lipinski definition) is 15. The minimum absolute atomic E-state index is 0.105. The van der Waals surface area contributed by atoms with Crippen LogP contribution in [-0.2, 0) is 65.4 Å². The van der Waals surface area contributed by atoms with Crippen LogP contribution in [-0.4, -0.2) is 96.7 Å². The summed E-state index contributed by atoms with van der Waals surface area (Å²) >= 11 is 0. The van der Waals surface area contributed by atoms with E-state index < -0.39 is 97.5 Å². The second-order valence-corrected chi connectivity index (χ2v) is 32.7. The van der Waals surface area contributed by atoms with E-state index in [2.05, 4.69) is 41.5 Å². The van der Waals surface area contributed by atoms with E-state index >= 15 is 0 Å². The fraction of sp³-hybridized carbons (Fsp3) is 0.950. The fourth-order valence-electron chi connectivity index (χ4n) is 12.4. The average molecular weight is 1450 g/mol. The molecule has 5 atom stereocenters. The summed E-state index contributed by atoms with van der Waals surface area (Å²) in [4.78, 5) is 72.9. The van der Waals surface area contributed by atoms with Gasteiger partial charge >= 0.3 is 39.5 Å². The molecule has 0 aliphatic carbocycles. The SMILES string of the molecule is CCCCCCCCCCCCCCCCCCCCCCCCC(=O)O[C@H](COC(=O)CCCCCCCCCCCCCCC)COP(=O)(O)OC[C@@H](O)COP(=O)(O)OC[C@@H](COC(=O)CCCCCCCCCCCC(C)C)OC(=O)CCCCCCCCCCCC(C)C. The van der Waals surface area contributed by atoms with Gasteiger partial charge in [0.2, 0.25) is 0 Å². The molecule has 99 heavy (non-hydrogen) atoms. The van der Waals surface area contributed by atoms with Gasteiger partial charge in [0.1, 0.15) is 19.3 Å². The van der Waals surface area contributed by atoms with Gasteiger partial charge in [-0.25, -0.2) is 9.13 Å². The topological polar surface area (TPSA) is 237 Å². The molecule has 0 aliphatic heterocycles. The molecule has 0 aromatic heterocycles. The summed E-state index contributed by atoms with van der Waals surface area (Å²) in [5.41, 5.74) is 0. The van der Waals surface area contributed by atoms with Crippen LogP contribution in [0.1, 0.15) is 420 Å². The Balaban J connectivity index is 5.20. The van der Waals surface area contributed by atoms with Crippen LogP contribution in [0.25, 0.3) is 0 Å². The molecule has 0 aromatic rings. The van der Waals surface area contributed by atoms with Gasteiger partial charge in [0.15, 0.2) is 12.2 Å². The van der Waals surface area contributed by atoms with Gasteiger partial charge in [-0.3, -0.25) is 37.3 Å². The molecule has 0 fully saturated rings. The summed E-state index contributed by atoms with van der Waals surface area (Å²) < 4.78 is 68.7. The number of phosphoric acid groups is 2. The summed E-state index contributed by atoms with van der Waals surface area (Å²) in [5, 5.41) is 10.6. The van der Waals surface area contributed by atoms with Crippen molar-refractivity contribution in [1.29, 1.82) is 0 Å². The molecule has 0 radical (unpaired) electrons. The first-order valence-corrected chi connectivity index (χ1v) is 44.5. The third-order valence-electron chi connectivity index (χ3n) is 18.7. The highest BCUT2D eigenvalue weighted by atomic mass is 31.2. The van der Waals surface area contributed by atoms with Crippen molar-refractivity contribution in [3.63, 3.8) is 0 Å². The number of phosphoric ester groups is 2. The lowest BCUT2D eigenvalue weighted by molar-refractivity contribution is -0.161. The summed E-state index contributed by atoms with van der Waals surface area (Å²) in [7, 11) is -9.92. The highest BCUT2D eigenvalue weighted by Gasteiger charge is 2.30. The number of aliphatic hydroxyl groups is 1. The Kier molecular flexibility index (Phi) is 70.3. The summed E-state index contributed by atoms with van der Waals surface area (Å²) in [5.74, 6) is -0.632. The Hall–Kier alpha value is -1.94. The smallest absolute Gasteiger partial charge is 0.462 e. The van der Waals surface area contributed by atoms with Crippen molar-refractivity contribution in [2.45, 2.75) is 439 Å². The maximum Gasteiger partial charge on any atom is 0.472 e. The number of hydrogen-bond donors (Lipinski definition) is 3. The Morgan fingerprint density at radius 3 is 0.687 bits per heavy atom. The predicted molar refractivity (Wildman–Crippen MR) is 405 cm³/mol. The Bertz CT molecular complexity index is 1910. The number of carbonyl (C=O) groups is 4. The van der Waals surface area contributed by atoms with E-state index in [4.69, 9.17) is 37.0 Å². The van der Waals surface area contributed by atoms with Crippen molar-refractivity contribution in [3.05, 3.63) is 0 Å². The summed E-state index contributed by atoms with van der Waals surface area (Å²) in [6, 6.07) is 0. The molecular formula is C80H156O17P2. The van der Waals surface area contributed by atoms with Crippen molar-refractivity contribution in [2.75, 3.05) is 39.6 Å². The van der Waals surface area contributed by atoms with Gasteiger partial charge in [-0.2, -0.15) is 0 Å². The highest BCUT2D eigenvalue weighted by Crippen LogP contribution is 2.45. The normalized spacial score (nSPS) is 13.9. The first-order chi connectivity index (χ1) is 47.9. The Labute approximate surface area is 607 Å². The standard InChI is InChI=1S/C80H156O17P2/c1-7-9-11-13-15-17-19-21-22-23-24-25-26-27-28-29-31-33-39-46-52-58-64-79(84)96-75(68-90-77(82)62-56-50-44-38-32-30-20-18-16-14-12-10-8-2)70-94-98(86,87)92-66-74(81)67-93-99(88,89)95-71-76(97-80(85)65-59-53-47-41-35-37-43-49-55-61-73(5)6)69-91-78(83)63-57-51-45-40-34-36-42-48-54-60-72(3)4/h72-76,81H,7-71H2,1-6H3,(H,86,87)(H,88,89)/t74-,75-,76-/m1/s1. The van der Waals surface area contributed by atoms with E-state index in [9.17, 15) is 43.2 Å². The minimum Gasteiger partial charge on any atom is -0.462 e. The lowest BCUT2D eigenvalue weighted by Crippen LogP contribution is -2.30. The molecule has 0 heterocycles. The van der Waals surface area contributed by atoms with Gasteiger partial charge in [-0.15, -0.1) is 0 Å². The molecule has 0 aromatic carbocycles. The monoisotopic (exact) mass is 1450 g/mol. The van der Waals surface area contributed by atoms with Gasteiger partial charge in [0, 0.05) is 25.7 Å². The molecule has 588 valence electrons. The molecule has 0 amide bonds. The van der Waals surface area contributed by atoms with Crippen LogP contribution in [0.3, 0.4) is 0 Å². The first-order valence-electron chi connectivity index (χ1n) is 41.5. The van der Waals surface area contributed by atoms with E-state index in [1.54, 1.807) is 0 Å². The van der Waals surface area contributed by atoms with E-state index in [0.717, 1.165) is 102 Å². The first kappa shape index (κ1) is 97.1. The van der Waals surface area contributed by atoms with Gasteiger partial charge in [-0.1, -0.05) is 369 Å². The zero-order valence-electron chi connectivity index (χ0n) is 64.8. The van der Waals surface area contributed by atoms with Crippen LogP contribution in [0.2, 0.25) is 0 Å². The number of rotatable bonds is 79. The molecule has 2 unspecified atom stereocenters. The molecule has 3 N–H and O–H groups in total. The van der Waals surface area contributed by atoms with Crippen molar-refractivity contribution in [3.8, 4) is 0 Å². The molecule has 19 heteroatoms. The third kappa shape index (κ3) is 74.1. The summed E-state index contributed by atoms with van der Waals surface area (Å²) in [6.07, 6.45) is 61.2. The number of carbonyl (C=O) groups excluding carboxylic acids is 4. The number of esters is 4. The Morgan fingerprint density at radius 1 is 0.273 bits per heavy atom. The van der Waals surface area contributed by atoms with Crippen molar-refractivity contribution < 1.29 is 80.2 Å². The number of unbranched alkanes of at least 4 members (excludes halogenated alkanes) is 49. The zero-order valence-corrected chi connectivity index (χ0v) is 66.6. The zero-order chi connectivity index (χ0) is 72.8.